The molecule has 1 fully saturated rings. The zero-order valence-corrected chi connectivity index (χ0v) is 16.2. The Kier molecular flexibility index (Phi) is 5.14. The van der Waals surface area contributed by atoms with Crippen LogP contribution in [0.25, 0.3) is 5.69 Å². The van der Waals surface area contributed by atoms with Crippen molar-refractivity contribution in [3.63, 3.8) is 0 Å². The summed E-state index contributed by atoms with van der Waals surface area (Å²) < 4.78 is 15.4. The van der Waals surface area contributed by atoms with Crippen molar-refractivity contribution in [1.82, 2.24) is 9.78 Å². The van der Waals surface area contributed by atoms with Crippen LogP contribution < -0.4 is 16.1 Å². The fourth-order valence-electron chi connectivity index (χ4n) is 3.03. The number of nitrogens with one attached hydrogen (secondary N) is 2. The lowest BCUT2D eigenvalue weighted by Crippen LogP contribution is -2.27. The van der Waals surface area contributed by atoms with Crippen molar-refractivity contribution >= 4 is 23.2 Å². The molecule has 7 nitrogen and oxygen atoms in total. The van der Waals surface area contributed by atoms with Gasteiger partial charge < -0.3 is 10.6 Å². The second-order valence-electron chi connectivity index (χ2n) is 7.16. The van der Waals surface area contributed by atoms with E-state index in [1.807, 2.05) is 0 Å². The van der Waals surface area contributed by atoms with Crippen LogP contribution in [0.4, 0.5) is 15.8 Å². The third-order valence-electron chi connectivity index (χ3n) is 4.74. The molecule has 2 amide bonds. The molecule has 0 spiro atoms. The van der Waals surface area contributed by atoms with E-state index < -0.39 is 17.2 Å². The molecule has 1 aromatic heterocycles. The van der Waals surface area contributed by atoms with Crippen LogP contribution in [0.15, 0.2) is 59.4 Å². The minimum Gasteiger partial charge on any atom is -0.326 e. The lowest BCUT2D eigenvalue weighted by molar-refractivity contribution is -0.117. The highest BCUT2D eigenvalue weighted by molar-refractivity contribution is 6.03. The van der Waals surface area contributed by atoms with Gasteiger partial charge in [-0.1, -0.05) is 18.2 Å². The molecule has 0 aliphatic heterocycles. The zero-order chi connectivity index (χ0) is 21.3. The van der Waals surface area contributed by atoms with E-state index in [-0.39, 0.29) is 23.2 Å². The van der Waals surface area contributed by atoms with E-state index in [0.717, 1.165) is 12.8 Å². The third-order valence-corrected chi connectivity index (χ3v) is 4.74. The third kappa shape index (κ3) is 4.12. The minimum atomic E-state index is -0.726. The number of carbonyl (C=O) groups excluding carboxylic acids is 2. The zero-order valence-electron chi connectivity index (χ0n) is 16.2. The molecule has 2 aromatic carbocycles. The van der Waals surface area contributed by atoms with Crippen LogP contribution in [0.1, 0.15) is 29.0 Å². The monoisotopic (exact) mass is 406 g/mol. The summed E-state index contributed by atoms with van der Waals surface area (Å²) in [6.45, 7) is 1.61. The summed E-state index contributed by atoms with van der Waals surface area (Å²) in [5, 5.41) is 9.49. The van der Waals surface area contributed by atoms with Gasteiger partial charge in [0.15, 0.2) is 5.69 Å². The van der Waals surface area contributed by atoms with Crippen LogP contribution >= 0.6 is 0 Å². The van der Waals surface area contributed by atoms with E-state index in [2.05, 4.69) is 15.7 Å². The quantitative estimate of drug-likeness (QED) is 0.680. The summed E-state index contributed by atoms with van der Waals surface area (Å²) in [6.07, 6.45) is 1.77. The van der Waals surface area contributed by atoms with E-state index >= 15 is 0 Å². The van der Waals surface area contributed by atoms with Crippen LogP contribution in [-0.2, 0) is 4.79 Å². The lowest BCUT2D eigenvalue weighted by Gasteiger charge is -2.12. The van der Waals surface area contributed by atoms with E-state index in [1.165, 1.54) is 22.9 Å². The van der Waals surface area contributed by atoms with E-state index in [0.29, 0.717) is 17.1 Å². The molecule has 0 saturated heterocycles. The molecule has 0 unspecified atom stereocenters. The predicted molar refractivity (Wildman–Crippen MR) is 110 cm³/mol. The van der Waals surface area contributed by atoms with Crippen molar-refractivity contribution < 1.29 is 14.0 Å². The number of anilines is 2. The van der Waals surface area contributed by atoms with Crippen LogP contribution in [-0.4, -0.2) is 21.6 Å². The second kappa shape index (κ2) is 7.90. The normalized spacial score (nSPS) is 13.0. The molecule has 1 saturated carbocycles. The topological polar surface area (TPSA) is 93.1 Å². The molecule has 30 heavy (non-hydrogen) atoms. The highest BCUT2D eigenvalue weighted by atomic mass is 19.1. The molecule has 0 bridgehead atoms. The molecule has 4 rings (SSSR count). The standard InChI is InChI=1S/C22H19FN4O3/c1-13-11-19(28)20(26-27(13)18-8-3-2-7-17(18)23)22(30)25-16-6-4-5-15(12-16)24-21(29)14-9-10-14/h2-8,11-12,14H,9-10H2,1H3,(H,24,29)(H,25,30). The van der Waals surface area contributed by atoms with Gasteiger partial charge in [0.1, 0.15) is 11.5 Å². The van der Waals surface area contributed by atoms with E-state index in [1.54, 1.807) is 43.3 Å². The summed E-state index contributed by atoms with van der Waals surface area (Å²) in [4.78, 5) is 37.0. The molecule has 1 heterocycles. The predicted octanol–water partition coefficient (Wildman–Crippen LogP) is 3.28. The van der Waals surface area contributed by atoms with Crippen LogP contribution in [0, 0.1) is 18.7 Å². The molecule has 0 atom stereocenters. The van der Waals surface area contributed by atoms with Crippen molar-refractivity contribution in [2.75, 3.05) is 10.6 Å². The van der Waals surface area contributed by atoms with Gasteiger partial charge in [-0.2, -0.15) is 5.10 Å². The maximum Gasteiger partial charge on any atom is 0.280 e. The Balaban J connectivity index is 1.59. The number of aryl methyl sites for hydroxylation is 1. The lowest BCUT2D eigenvalue weighted by atomic mass is 10.2. The van der Waals surface area contributed by atoms with Crippen molar-refractivity contribution in [2.24, 2.45) is 5.92 Å². The van der Waals surface area contributed by atoms with Crippen molar-refractivity contribution in [2.45, 2.75) is 19.8 Å². The number of nitrogens with zero attached hydrogens (tertiary/aromatic N) is 2. The number of amides is 2. The summed E-state index contributed by atoms with van der Waals surface area (Å²) >= 11 is 0. The summed E-state index contributed by atoms with van der Waals surface area (Å²) in [7, 11) is 0. The number of hydrogen-bond donors (Lipinski definition) is 2. The molecular weight excluding hydrogens is 387 g/mol. The Morgan fingerprint density at radius 3 is 2.43 bits per heavy atom. The Labute approximate surface area is 171 Å². The van der Waals surface area contributed by atoms with Gasteiger partial charge in [0.25, 0.3) is 5.91 Å². The van der Waals surface area contributed by atoms with Gasteiger partial charge in [-0.25, -0.2) is 9.07 Å². The number of aromatic nitrogens is 2. The largest absolute Gasteiger partial charge is 0.326 e. The number of rotatable bonds is 5. The average molecular weight is 406 g/mol. The molecule has 2 N–H and O–H groups in total. The van der Waals surface area contributed by atoms with Gasteiger partial charge >= 0.3 is 0 Å². The average Bonchev–Trinajstić information content (AvgIpc) is 3.54. The molecule has 1 aliphatic carbocycles. The molecule has 8 heteroatoms. The fraction of sp³-hybridized carbons (Fsp3) is 0.182. The van der Waals surface area contributed by atoms with Gasteiger partial charge in [0, 0.05) is 29.1 Å². The van der Waals surface area contributed by atoms with Crippen LogP contribution in [0.3, 0.4) is 0 Å². The Morgan fingerprint density at radius 1 is 1.03 bits per heavy atom. The van der Waals surface area contributed by atoms with Crippen LogP contribution in [0.5, 0.6) is 0 Å². The summed E-state index contributed by atoms with van der Waals surface area (Å²) in [5.41, 5.74) is 0.533. The Hall–Kier alpha value is -3.81. The van der Waals surface area contributed by atoms with Gasteiger partial charge in [-0.05, 0) is 50.1 Å². The minimum absolute atomic E-state index is 0.0496. The molecule has 0 radical (unpaired) electrons. The smallest absolute Gasteiger partial charge is 0.280 e. The Bertz CT molecular complexity index is 1200. The Morgan fingerprint density at radius 2 is 1.73 bits per heavy atom. The molecule has 152 valence electrons. The number of halogens is 1. The summed E-state index contributed by atoms with van der Waals surface area (Å²) in [5.74, 6) is -1.25. The highest BCUT2D eigenvalue weighted by Gasteiger charge is 2.29. The van der Waals surface area contributed by atoms with Crippen molar-refractivity contribution in [3.8, 4) is 5.69 Å². The maximum atomic E-state index is 14.2. The highest BCUT2D eigenvalue weighted by Crippen LogP contribution is 2.30. The van der Waals surface area contributed by atoms with Gasteiger partial charge in [-0.15, -0.1) is 0 Å². The van der Waals surface area contributed by atoms with Crippen molar-refractivity contribution in [3.05, 3.63) is 82.0 Å². The maximum absolute atomic E-state index is 14.2. The van der Waals surface area contributed by atoms with Gasteiger partial charge in [0.2, 0.25) is 11.3 Å². The number of carbonyl (C=O) groups is 2. The van der Waals surface area contributed by atoms with Crippen LogP contribution in [0.2, 0.25) is 0 Å². The number of para-hydroxylation sites is 1. The SMILES string of the molecule is Cc1cc(=O)c(C(=O)Nc2cccc(NC(=O)C3CC3)c2)nn1-c1ccccc1F. The van der Waals surface area contributed by atoms with Gasteiger partial charge in [-0.3, -0.25) is 14.4 Å². The second-order valence-corrected chi connectivity index (χ2v) is 7.16. The molecule has 3 aromatic rings. The first-order valence-corrected chi connectivity index (χ1v) is 9.50. The van der Waals surface area contributed by atoms with E-state index in [4.69, 9.17) is 0 Å². The van der Waals surface area contributed by atoms with Gasteiger partial charge in [0.05, 0.1) is 0 Å². The number of benzene rings is 2. The first-order valence-electron chi connectivity index (χ1n) is 9.50. The van der Waals surface area contributed by atoms with E-state index in [9.17, 15) is 18.8 Å². The first kappa shape index (κ1) is 19.5. The fourth-order valence-corrected chi connectivity index (χ4v) is 3.03. The van der Waals surface area contributed by atoms with Crippen molar-refractivity contribution in [1.29, 1.82) is 0 Å². The summed E-state index contributed by atoms with van der Waals surface area (Å²) in [6, 6.07) is 13.8. The first-order chi connectivity index (χ1) is 14.4. The number of hydrogen-bond acceptors (Lipinski definition) is 4. The molecular formula is C22H19FN4O3. The molecule has 1 aliphatic rings.